The second-order valence-electron chi connectivity index (χ2n) is 6.67. The van der Waals surface area contributed by atoms with Gasteiger partial charge in [0.25, 0.3) is 0 Å². The third kappa shape index (κ3) is 4.34. The zero-order chi connectivity index (χ0) is 14.4. The maximum Gasteiger partial charge on any atom is 0.00896 e. The van der Waals surface area contributed by atoms with Crippen LogP contribution in [0.3, 0.4) is 0 Å². The first-order chi connectivity index (χ1) is 9.70. The van der Waals surface area contributed by atoms with Crippen molar-refractivity contribution >= 4 is 0 Å². The van der Waals surface area contributed by atoms with Crippen LogP contribution in [0, 0.1) is 0 Å². The van der Waals surface area contributed by atoms with Crippen LogP contribution in [0.4, 0.5) is 0 Å². The number of unbranched alkanes of at least 4 members (excludes halogenated alkanes) is 2. The summed E-state index contributed by atoms with van der Waals surface area (Å²) in [5.74, 6) is 0.802. The topological polar surface area (TPSA) is 3.24 Å². The van der Waals surface area contributed by atoms with E-state index in [0.29, 0.717) is 0 Å². The summed E-state index contributed by atoms with van der Waals surface area (Å²) in [6.07, 6.45) is 10.7. The molecule has 1 saturated carbocycles. The molecule has 1 nitrogen and oxygen atoms in total. The molecule has 1 aliphatic carbocycles. The highest BCUT2D eigenvalue weighted by Gasteiger charge is 2.23. The molecule has 1 fully saturated rings. The molecule has 2 rings (SSSR count). The predicted octanol–water partition coefficient (Wildman–Crippen LogP) is 5.01. The first kappa shape index (κ1) is 15.6. The van der Waals surface area contributed by atoms with Gasteiger partial charge >= 0.3 is 0 Å². The van der Waals surface area contributed by atoms with E-state index in [1.54, 1.807) is 5.56 Å². The smallest absolute Gasteiger partial charge is 0.00896 e. The highest BCUT2D eigenvalue weighted by Crippen LogP contribution is 2.34. The van der Waals surface area contributed by atoms with E-state index >= 15 is 0 Å². The van der Waals surface area contributed by atoms with Crippen LogP contribution in [0.2, 0.25) is 0 Å². The molecule has 1 aliphatic rings. The molecular weight excluding hydrogens is 242 g/mol. The Morgan fingerprint density at radius 2 is 1.60 bits per heavy atom. The van der Waals surface area contributed by atoms with Gasteiger partial charge in [-0.05, 0) is 69.7 Å². The van der Waals surface area contributed by atoms with Crippen molar-refractivity contribution in [2.75, 3.05) is 14.1 Å². The number of hydrogen-bond donors (Lipinski definition) is 0. The van der Waals surface area contributed by atoms with E-state index in [1.165, 1.54) is 56.9 Å². The van der Waals surface area contributed by atoms with Gasteiger partial charge in [-0.15, -0.1) is 0 Å². The Morgan fingerprint density at radius 1 is 0.950 bits per heavy atom. The lowest BCUT2D eigenvalue weighted by molar-refractivity contribution is 0.216. The quantitative estimate of drug-likeness (QED) is 0.659. The zero-order valence-corrected chi connectivity index (χ0v) is 13.6. The number of nitrogens with zero attached hydrogens (tertiary/aromatic N) is 1. The van der Waals surface area contributed by atoms with Crippen molar-refractivity contribution in [1.29, 1.82) is 0 Å². The Bertz CT molecular complexity index is 371. The van der Waals surface area contributed by atoms with Gasteiger partial charge in [0, 0.05) is 6.04 Å². The molecule has 20 heavy (non-hydrogen) atoms. The van der Waals surface area contributed by atoms with Crippen LogP contribution < -0.4 is 0 Å². The van der Waals surface area contributed by atoms with Crippen LogP contribution in [0.25, 0.3) is 0 Å². The summed E-state index contributed by atoms with van der Waals surface area (Å²) in [6.45, 7) is 2.27. The Labute approximate surface area is 125 Å². The average Bonchev–Trinajstić information content (AvgIpc) is 2.48. The van der Waals surface area contributed by atoms with Crippen molar-refractivity contribution in [1.82, 2.24) is 4.90 Å². The van der Waals surface area contributed by atoms with Gasteiger partial charge in [-0.3, -0.25) is 0 Å². The van der Waals surface area contributed by atoms with Crippen molar-refractivity contribution in [2.45, 2.75) is 70.3 Å². The van der Waals surface area contributed by atoms with Gasteiger partial charge in [0.15, 0.2) is 0 Å². The van der Waals surface area contributed by atoms with E-state index in [-0.39, 0.29) is 0 Å². The largest absolute Gasteiger partial charge is 0.306 e. The van der Waals surface area contributed by atoms with Gasteiger partial charge in [-0.1, -0.05) is 44.0 Å². The molecule has 0 atom stereocenters. The first-order valence-electron chi connectivity index (χ1n) is 8.46. The van der Waals surface area contributed by atoms with E-state index in [0.717, 1.165) is 12.0 Å². The van der Waals surface area contributed by atoms with Crippen molar-refractivity contribution in [3.63, 3.8) is 0 Å². The van der Waals surface area contributed by atoms with E-state index in [9.17, 15) is 0 Å². The molecule has 1 aromatic carbocycles. The second kappa shape index (κ2) is 7.83. The molecule has 112 valence electrons. The fourth-order valence-electron chi connectivity index (χ4n) is 3.46. The summed E-state index contributed by atoms with van der Waals surface area (Å²) in [5, 5.41) is 0. The number of rotatable bonds is 6. The van der Waals surface area contributed by atoms with Crippen LogP contribution in [0.1, 0.15) is 68.9 Å². The third-order valence-electron chi connectivity index (χ3n) is 4.95. The maximum atomic E-state index is 2.40. The summed E-state index contributed by atoms with van der Waals surface area (Å²) < 4.78 is 0. The Balaban J connectivity index is 1.84. The standard InChI is InChI=1S/C19H31N/c1-4-5-6-7-16-8-10-17(11-9-16)18-12-14-19(15-13-18)20(2)3/h8-11,18-19H,4-7,12-15H2,1-3H3. The molecule has 0 amide bonds. The summed E-state index contributed by atoms with van der Waals surface area (Å²) in [4.78, 5) is 2.40. The lowest BCUT2D eigenvalue weighted by Crippen LogP contribution is -2.31. The van der Waals surface area contributed by atoms with Gasteiger partial charge in [-0.2, -0.15) is 0 Å². The van der Waals surface area contributed by atoms with Crippen molar-refractivity contribution in [3.05, 3.63) is 35.4 Å². The average molecular weight is 273 g/mol. The number of benzene rings is 1. The molecule has 0 N–H and O–H groups in total. The van der Waals surface area contributed by atoms with Gasteiger partial charge < -0.3 is 4.90 Å². The van der Waals surface area contributed by atoms with Gasteiger partial charge in [0.2, 0.25) is 0 Å². The Hall–Kier alpha value is -0.820. The SMILES string of the molecule is CCCCCc1ccc(C2CCC(N(C)C)CC2)cc1. The molecule has 1 heteroatoms. The van der Waals surface area contributed by atoms with Crippen LogP contribution in [0.15, 0.2) is 24.3 Å². The second-order valence-corrected chi connectivity index (χ2v) is 6.67. The molecule has 0 bridgehead atoms. The minimum atomic E-state index is 0.802. The molecule has 0 saturated heterocycles. The van der Waals surface area contributed by atoms with Gasteiger partial charge in [0.05, 0.1) is 0 Å². The molecule has 0 heterocycles. The maximum absolute atomic E-state index is 2.40. The Kier molecular flexibility index (Phi) is 6.09. The van der Waals surface area contributed by atoms with E-state index in [4.69, 9.17) is 0 Å². The van der Waals surface area contributed by atoms with Gasteiger partial charge in [-0.25, -0.2) is 0 Å². The van der Waals surface area contributed by atoms with Crippen molar-refractivity contribution in [2.24, 2.45) is 0 Å². The molecule has 0 radical (unpaired) electrons. The molecule has 0 unspecified atom stereocenters. The number of aryl methyl sites for hydroxylation is 1. The molecule has 0 aromatic heterocycles. The highest BCUT2D eigenvalue weighted by molar-refractivity contribution is 5.26. The van der Waals surface area contributed by atoms with Crippen LogP contribution >= 0.6 is 0 Å². The Morgan fingerprint density at radius 3 is 2.15 bits per heavy atom. The van der Waals surface area contributed by atoms with Gasteiger partial charge in [0.1, 0.15) is 0 Å². The molecular formula is C19H31N. The fraction of sp³-hybridized carbons (Fsp3) is 0.684. The normalized spacial score (nSPS) is 23.2. The lowest BCUT2D eigenvalue weighted by atomic mass is 9.81. The summed E-state index contributed by atoms with van der Waals surface area (Å²) in [7, 11) is 4.44. The highest BCUT2D eigenvalue weighted by atomic mass is 15.1. The summed E-state index contributed by atoms with van der Waals surface area (Å²) >= 11 is 0. The zero-order valence-electron chi connectivity index (χ0n) is 13.6. The molecule has 0 spiro atoms. The fourth-order valence-corrected chi connectivity index (χ4v) is 3.46. The van der Waals surface area contributed by atoms with Crippen LogP contribution in [-0.4, -0.2) is 25.0 Å². The summed E-state index contributed by atoms with van der Waals surface area (Å²) in [6, 6.07) is 10.3. The monoisotopic (exact) mass is 273 g/mol. The minimum Gasteiger partial charge on any atom is -0.306 e. The van der Waals surface area contributed by atoms with Crippen molar-refractivity contribution in [3.8, 4) is 0 Å². The number of hydrogen-bond acceptors (Lipinski definition) is 1. The van der Waals surface area contributed by atoms with Crippen molar-refractivity contribution < 1.29 is 0 Å². The molecule has 1 aromatic rings. The van der Waals surface area contributed by atoms with Crippen LogP contribution in [0.5, 0.6) is 0 Å². The molecule has 0 aliphatic heterocycles. The first-order valence-corrected chi connectivity index (χ1v) is 8.46. The minimum absolute atomic E-state index is 0.802. The predicted molar refractivity (Wildman–Crippen MR) is 88.4 cm³/mol. The third-order valence-corrected chi connectivity index (χ3v) is 4.95. The lowest BCUT2D eigenvalue weighted by Gasteiger charge is -2.32. The summed E-state index contributed by atoms with van der Waals surface area (Å²) in [5.41, 5.74) is 3.09. The van der Waals surface area contributed by atoms with E-state index in [2.05, 4.69) is 50.2 Å². The van der Waals surface area contributed by atoms with E-state index in [1.807, 2.05) is 0 Å². The van der Waals surface area contributed by atoms with E-state index < -0.39 is 0 Å². The van der Waals surface area contributed by atoms with Crippen LogP contribution in [-0.2, 0) is 6.42 Å².